The minimum Gasteiger partial charge on any atom is -0.488 e. The Morgan fingerprint density at radius 1 is 1.11 bits per heavy atom. The molecular formula is C19H21BrFN3O3. The third kappa shape index (κ3) is 7.26. The highest BCUT2D eigenvalue weighted by Gasteiger charge is 2.10. The lowest BCUT2D eigenvalue weighted by Crippen LogP contribution is -2.45. The minimum atomic E-state index is -0.449. The average Bonchev–Trinajstić information content (AvgIpc) is 2.64. The normalized spacial score (nSPS) is 11.4. The molecule has 2 aromatic carbocycles. The zero-order valence-corrected chi connectivity index (χ0v) is 16.4. The third-order valence-corrected chi connectivity index (χ3v) is 3.98. The van der Waals surface area contributed by atoms with Crippen molar-refractivity contribution in [3.05, 3.63) is 64.4 Å². The van der Waals surface area contributed by atoms with Crippen LogP contribution < -0.4 is 20.7 Å². The first-order chi connectivity index (χ1) is 13.0. The first-order valence-corrected chi connectivity index (χ1v) is 9.20. The van der Waals surface area contributed by atoms with Crippen LogP contribution in [0.15, 0.2) is 53.0 Å². The van der Waals surface area contributed by atoms with Crippen molar-refractivity contribution in [3.8, 4) is 5.75 Å². The number of hydrogen-bond acceptors (Lipinski definition) is 3. The summed E-state index contributed by atoms with van der Waals surface area (Å²) >= 11 is 3.31. The van der Waals surface area contributed by atoms with Crippen LogP contribution in [0.3, 0.4) is 0 Å². The first-order valence-electron chi connectivity index (χ1n) is 8.41. The highest BCUT2D eigenvalue weighted by atomic mass is 79.9. The van der Waals surface area contributed by atoms with Crippen molar-refractivity contribution in [2.45, 2.75) is 13.0 Å². The standard InChI is InChI=1S/C19H21BrFN3O3/c1-13(12-27-17-8-3-2-7-16(17)21)24-19(26)23-10-9-22-18(25)14-5-4-6-15(20)11-14/h2-8,11,13H,9-10,12H2,1H3,(H,22,25)(H2,23,24,26). The van der Waals surface area contributed by atoms with Crippen LogP contribution in [0, 0.1) is 5.82 Å². The number of ether oxygens (including phenoxy) is 1. The van der Waals surface area contributed by atoms with E-state index in [1.165, 1.54) is 12.1 Å². The minimum absolute atomic E-state index is 0.133. The van der Waals surface area contributed by atoms with Gasteiger partial charge >= 0.3 is 6.03 Å². The maximum absolute atomic E-state index is 13.5. The van der Waals surface area contributed by atoms with Gasteiger partial charge in [-0.2, -0.15) is 0 Å². The fourth-order valence-electron chi connectivity index (χ4n) is 2.18. The number of carbonyl (C=O) groups excluding carboxylic acids is 2. The number of amides is 3. The van der Waals surface area contributed by atoms with Crippen molar-refractivity contribution in [2.75, 3.05) is 19.7 Å². The summed E-state index contributed by atoms with van der Waals surface area (Å²) < 4.78 is 19.6. The van der Waals surface area contributed by atoms with E-state index in [2.05, 4.69) is 31.9 Å². The summed E-state index contributed by atoms with van der Waals surface area (Å²) in [6, 6.07) is 12.4. The molecule has 0 fully saturated rings. The third-order valence-electron chi connectivity index (χ3n) is 3.49. The van der Waals surface area contributed by atoms with Crippen molar-refractivity contribution < 1.29 is 18.7 Å². The van der Waals surface area contributed by atoms with E-state index in [9.17, 15) is 14.0 Å². The van der Waals surface area contributed by atoms with Crippen LogP contribution >= 0.6 is 15.9 Å². The zero-order chi connectivity index (χ0) is 19.6. The number of carbonyl (C=O) groups is 2. The predicted octanol–water partition coefficient (Wildman–Crippen LogP) is 3.08. The lowest BCUT2D eigenvalue weighted by atomic mass is 10.2. The molecular weight excluding hydrogens is 417 g/mol. The second-order valence-corrected chi connectivity index (χ2v) is 6.72. The number of rotatable bonds is 8. The van der Waals surface area contributed by atoms with Gasteiger partial charge in [0.25, 0.3) is 5.91 Å². The molecule has 0 aliphatic heterocycles. The first kappa shape index (κ1) is 20.7. The van der Waals surface area contributed by atoms with Gasteiger partial charge in [-0.15, -0.1) is 0 Å². The molecule has 0 radical (unpaired) electrons. The fourth-order valence-corrected chi connectivity index (χ4v) is 2.58. The number of hydrogen-bond donors (Lipinski definition) is 3. The molecule has 1 atom stereocenters. The molecule has 6 nitrogen and oxygen atoms in total. The molecule has 2 aromatic rings. The van der Waals surface area contributed by atoms with Gasteiger partial charge in [0.15, 0.2) is 11.6 Å². The predicted molar refractivity (Wildman–Crippen MR) is 104 cm³/mol. The summed E-state index contributed by atoms with van der Waals surface area (Å²) in [7, 11) is 0. The van der Waals surface area contributed by atoms with Crippen molar-refractivity contribution in [3.63, 3.8) is 0 Å². The summed E-state index contributed by atoms with van der Waals surface area (Å²) in [6.45, 7) is 2.44. The number of para-hydroxylation sites is 1. The van der Waals surface area contributed by atoms with Gasteiger partial charge < -0.3 is 20.7 Å². The molecule has 0 aliphatic carbocycles. The largest absolute Gasteiger partial charge is 0.488 e. The van der Waals surface area contributed by atoms with Crippen LogP contribution in [0.25, 0.3) is 0 Å². The number of halogens is 2. The van der Waals surface area contributed by atoms with E-state index in [-0.39, 0.29) is 30.9 Å². The monoisotopic (exact) mass is 437 g/mol. The summed E-state index contributed by atoms with van der Waals surface area (Å²) in [5.74, 6) is -0.526. The Morgan fingerprint density at radius 3 is 2.59 bits per heavy atom. The van der Waals surface area contributed by atoms with E-state index >= 15 is 0 Å². The molecule has 3 N–H and O–H groups in total. The Kier molecular flexibility index (Phi) is 8.06. The maximum atomic E-state index is 13.5. The molecule has 27 heavy (non-hydrogen) atoms. The van der Waals surface area contributed by atoms with E-state index in [4.69, 9.17) is 4.74 Å². The van der Waals surface area contributed by atoms with Crippen LogP contribution in [0.2, 0.25) is 0 Å². The van der Waals surface area contributed by atoms with Crippen LogP contribution in [0.4, 0.5) is 9.18 Å². The van der Waals surface area contributed by atoms with Crippen LogP contribution in [-0.2, 0) is 0 Å². The van der Waals surface area contributed by atoms with Crippen LogP contribution in [0.1, 0.15) is 17.3 Å². The Morgan fingerprint density at radius 2 is 1.85 bits per heavy atom. The average molecular weight is 438 g/mol. The van der Waals surface area contributed by atoms with Crippen molar-refractivity contribution in [1.82, 2.24) is 16.0 Å². The molecule has 2 rings (SSSR count). The van der Waals surface area contributed by atoms with Gasteiger partial charge in [0, 0.05) is 23.1 Å². The Balaban J connectivity index is 1.62. The topological polar surface area (TPSA) is 79.5 Å². The molecule has 0 bridgehead atoms. The van der Waals surface area contributed by atoms with E-state index in [0.29, 0.717) is 12.1 Å². The molecule has 0 saturated heterocycles. The lowest BCUT2D eigenvalue weighted by molar-refractivity contribution is 0.0953. The summed E-state index contributed by atoms with van der Waals surface area (Å²) in [5.41, 5.74) is 0.535. The zero-order valence-electron chi connectivity index (χ0n) is 14.8. The molecule has 0 aromatic heterocycles. The van der Waals surface area contributed by atoms with Crippen molar-refractivity contribution >= 4 is 27.9 Å². The molecule has 3 amide bonds. The highest BCUT2D eigenvalue weighted by molar-refractivity contribution is 9.10. The quantitative estimate of drug-likeness (QED) is 0.555. The molecule has 0 aliphatic rings. The summed E-state index contributed by atoms with van der Waals surface area (Å²) in [6.07, 6.45) is 0. The van der Waals surface area contributed by atoms with E-state index in [1.54, 1.807) is 37.3 Å². The van der Waals surface area contributed by atoms with Gasteiger partial charge in [0.2, 0.25) is 0 Å². The molecule has 144 valence electrons. The SMILES string of the molecule is CC(COc1ccccc1F)NC(=O)NCCNC(=O)c1cccc(Br)c1. The number of benzene rings is 2. The molecule has 0 heterocycles. The van der Waals surface area contributed by atoms with Crippen molar-refractivity contribution in [2.24, 2.45) is 0 Å². The van der Waals surface area contributed by atoms with Gasteiger partial charge in [0.1, 0.15) is 6.61 Å². The Hall–Kier alpha value is -2.61. The summed E-state index contributed by atoms with van der Waals surface area (Å²) in [4.78, 5) is 23.8. The molecule has 0 spiro atoms. The van der Waals surface area contributed by atoms with E-state index < -0.39 is 11.8 Å². The number of nitrogens with one attached hydrogen (secondary N) is 3. The second-order valence-electron chi connectivity index (χ2n) is 5.81. The smallest absolute Gasteiger partial charge is 0.315 e. The van der Waals surface area contributed by atoms with Crippen LogP contribution in [-0.4, -0.2) is 37.7 Å². The Bertz CT molecular complexity index is 788. The Labute approximate surface area is 165 Å². The van der Waals surface area contributed by atoms with Gasteiger partial charge in [-0.1, -0.05) is 34.1 Å². The lowest BCUT2D eigenvalue weighted by Gasteiger charge is -2.16. The molecule has 1 unspecified atom stereocenters. The molecule has 0 saturated carbocycles. The van der Waals surface area contributed by atoms with Gasteiger partial charge in [-0.3, -0.25) is 4.79 Å². The van der Waals surface area contributed by atoms with E-state index in [0.717, 1.165) is 4.47 Å². The summed E-state index contributed by atoms with van der Waals surface area (Å²) in [5, 5.41) is 8.04. The highest BCUT2D eigenvalue weighted by Crippen LogP contribution is 2.15. The van der Waals surface area contributed by atoms with Crippen LogP contribution in [0.5, 0.6) is 5.75 Å². The van der Waals surface area contributed by atoms with E-state index in [1.807, 2.05) is 6.07 Å². The fraction of sp³-hybridized carbons (Fsp3) is 0.263. The van der Waals surface area contributed by atoms with Gasteiger partial charge in [-0.25, -0.2) is 9.18 Å². The maximum Gasteiger partial charge on any atom is 0.315 e. The van der Waals surface area contributed by atoms with Gasteiger partial charge in [0.05, 0.1) is 6.04 Å². The van der Waals surface area contributed by atoms with Gasteiger partial charge in [-0.05, 0) is 37.3 Å². The molecule has 8 heteroatoms. The number of urea groups is 1. The second kappa shape index (κ2) is 10.5. The van der Waals surface area contributed by atoms with Crippen molar-refractivity contribution in [1.29, 1.82) is 0 Å².